The Kier molecular flexibility index (Phi) is 4.91. The maximum atomic E-state index is 12.4. The van der Waals surface area contributed by atoms with Crippen molar-refractivity contribution in [2.24, 2.45) is 0 Å². The standard InChI is InChI=1S/C17H20N2O5S/c1-13-2-4-14(5-3-13)8-11-25(22,23)18-9-6-15(7-10-18)19-16(20)12-24-17(19)21/h2-5,8,11,15H,6-7,9-10,12H2,1H3/b11-8+. The normalized spacial score (nSPS) is 20.4. The monoisotopic (exact) mass is 364 g/mol. The van der Waals surface area contributed by atoms with Crippen LogP contribution in [0.25, 0.3) is 6.08 Å². The van der Waals surface area contributed by atoms with E-state index in [1.165, 1.54) is 9.71 Å². The summed E-state index contributed by atoms with van der Waals surface area (Å²) in [5.41, 5.74) is 1.92. The van der Waals surface area contributed by atoms with Gasteiger partial charge in [-0.2, -0.15) is 4.31 Å². The van der Waals surface area contributed by atoms with Gasteiger partial charge >= 0.3 is 6.09 Å². The largest absolute Gasteiger partial charge is 0.439 e. The molecule has 134 valence electrons. The Morgan fingerprint density at radius 1 is 1.12 bits per heavy atom. The minimum Gasteiger partial charge on any atom is -0.439 e. The van der Waals surface area contributed by atoms with Gasteiger partial charge in [-0.25, -0.2) is 18.1 Å². The number of amides is 2. The molecule has 2 amide bonds. The second kappa shape index (κ2) is 6.97. The van der Waals surface area contributed by atoms with Crippen LogP contribution in [0.4, 0.5) is 4.79 Å². The number of piperidine rings is 1. The maximum Gasteiger partial charge on any atom is 0.417 e. The van der Waals surface area contributed by atoms with Crippen LogP contribution in [0.5, 0.6) is 0 Å². The van der Waals surface area contributed by atoms with Crippen molar-refractivity contribution in [1.29, 1.82) is 0 Å². The lowest BCUT2D eigenvalue weighted by atomic mass is 10.1. The highest BCUT2D eigenvalue weighted by Crippen LogP contribution is 2.23. The Morgan fingerprint density at radius 2 is 1.76 bits per heavy atom. The van der Waals surface area contributed by atoms with Crippen molar-refractivity contribution in [2.75, 3.05) is 19.7 Å². The summed E-state index contributed by atoms with van der Waals surface area (Å²) in [4.78, 5) is 24.4. The average molecular weight is 364 g/mol. The van der Waals surface area contributed by atoms with Crippen LogP contribution in [0.15, 0.2) is 29.7 Å². The summed E-state index contributed by atoms with van der Waals surface area (Å²) in [7, 11) is -3.53. The van der Waals surface area contributed by atoms with E-state index in [2.05, 4.69) is 0 Å². The summed E-state index contributed by atoms with van der Waals surface area (Å²) in [6, 6.07) is 7.26. The zero-order chi connectivity index (χ0) is 18.0. The molecule has 2 aliphatic heterocycles. The van der Waals surface area contributed by atoms with Gasteiger partial charge in [0.1, 0.15) is 0 Å². The van der Waals surface area contributed by atoms with Crippen LogP contribution in [0.2, 0.25) is 0 Å². The quantitative estimate of drug-likeness (QED) is 0.812. The van der Waals surface area contributed by atoms with Crippen LogP contribution in [0, 0.1) is 6.92 Å². The van der Waals surface area contributed by atoms with E-state index >= 15 is 0 Å². The van der Waals surface area contributed by atoms with Crippen molar-refractivity contribution < 1.29 is 22.7 Å². The van der Waals surface area contributed by atoms with Gasteiger partial charge in [0.05, 0.1) is 0 Å². The molecule has 2 fully saturated rings. The first-order chi connectivity index (χ1) is 11.9. The Hall–Kier alpha value is -2.19. The van der Waals surface area contributed by atoms with Crippen molar-refractivity contribution in [1.82, 2.24) is 9.21 Å². The van der Waals surface area contributed by atoms with Crippen LogP contribution in [0.1, 0.15) is 24.0 Å². The smallest absolute Gasteiger partial charge is 0.417 e. The van der Waals surface area contributed by atoms with Crippen LogP contribution in [-0.4, -0.2) is 55.4 Å². The number of imide groups is 1. The summed E-state index contributed by atoms with van der Waals surface area (Å²) in [5, 5.41) is 1.20. The van der Waals surface area contributed by atoms with E-state index in [0.29, 0.717) is 12.8 Å². The number of rotatable bonds is 4. The molecule has 2 aliphatic rings. The fourth-order valence-electron chi connectivity index (χ4n) is 3.00. The first kappa shape index (κ1) is 17.6. The number of nitrogens with zero attached hydrogens (tertiary/aromatic N) is 2. The average Bonchev–Trinajstić information content (AvgIpc) is 2.93. The highest BCUT2D eigenvalue weighted by Gasteiger charge is 2.39. The molecular formula is C17H20N2O5S. The molecule has 0 atom stereocenters. The molecule has 1 aromatic carbocycles. The molecule has 2 saturated heterocycles. The fourth-order valence-corrected chi connectivity index (χ4v) is 4.22. The number of sulfonamides is 1. The van der Waals surface area contributed by atoms with Gasteiger partial charge in [-0.3, -0.25) is 4.79 Å². The van der Waals surface area contributed by atoms with Gasteiger partial charge in [0.25, 0.3) is 5.91 Å². The molecule has 2 heterocycles. The van der Waals surface area contributed by atoms with Crippen molar-refractivity contribution in [3.63, 3.8) is 0 Å². The van der Waals surface area contributed by atoms with Gasteiger partial charge in [-0.05, 0) is 31.4 Å². The molecule has 0 unspecified atom stereocenters. The summed E-state index contributed by atoms with van der Waals surface area (Å²) in [6.45, 7) is 2.27. The molecule has 0 bridgehead atoms. The van der Waals surface area contributed by atoms with Crippen LogP contribution in [-0.2, 0) is 19.6 Å². The molecule has 8 heteroatoms. The molecule has 0 saturated carbocycles. The first-order valence-electron chi connectivity index (χ1n) is 8.10. The van der Waals surface area contributed by atoms with Gasteiger partial charge in [0.15, 0.2) is 6.61 Å². The second-order valence-electron chi connectivity index (χ2n) is 6.21. The number of hydrogen-bond acceptors (Lipinski definition) is 5. The van der Waals surface area contributed by atoms with E-state index < -0.39 is 16.1 Å². The van der Waals surface area contributed by atoms with E-state index in [1.54, 1.807) is 6.08 Å². The van der Waals surface area contributed by atoms with E-state index in [1.807, 2.05) is 31.2 Å². The number of aryl methyl sites for hydroxylation is 1. The summed E-state index contributed by atoms with van der Waals surface area (Å²) < 4.78 is 31.0. The minimum absolute atomic E-state index is 0.226. The molecule has 0 N–H and O–H groups in total. The Bertz CT molecular complexity index is 777. The van der Waals surface area contributed by atoms with Gasteiger partial charge in [-0.15, -0.1) is 0 Å². The van der Waals surface area contributed by atoms with Gasteiger partial charge in [-0.1, -0.05) is 29.8 Å². The summed E-state index contributed by atoms with van der Waals surface area (Å²) in [5.74, 6) is -0.356. The minimum atomic E-state index is -3.53. The predicted octanol–water partition coefficient (Wildman–Crippen LogP) is 1.74. The molecule has 0 aromatic heterocycles. The number of cyclic esters (lactones) is 1. The molecule has 0 radical (unpaired) electrons. The molecule has 25 heavy (non-hydrogen) atoms. The Balaban J connectivity index is 1.62. The molecule has 1 aromatic rings. The molecule has 7 nitrogen and oxygen atoms in total. The number of hydrogen-bond donors (Lipinski definition) is 0. The lowest BCUT2D eigenvalue weighted by Crippen LogP contribution is -2.48. The van der Waals surface area contributed by atoms with E-state index in [0.717, 1.165) is 16.0 Å². The van der Waals surface area contributed by atoms with Crippen LogP contribution < -0.4 is 0 Å². The Morgan fingerprint density at radius 3 is 2.32 bits per heavy atom. The van der Waals surface area contributed by atoms with Crippen molar-refractivity contribution in [2.45, 2.75) is 25.8 Å². The second-order valence-corrected chi connectivity index (χ2v) is 8.03. The van der Waals surface area contributed by atoms with Gasteiger partial charge < -0.3 is 4.74 Å². The first-order valence-corrected chi connectivity index (χ1v) is 9.61. The predicted molar refractivity (Wildman–Crippen MR) is 91.9 cm³/mol. The number of ether oxygens (including phenoxy) is 1. The van der Waals surface area contributed by atoms with Gasteiger partial charge in [0, 0.05) is 24.5 Å². The van der Waals surface area contributed by atoms with E-state index in [-0.39, 0.29) is 31.6 Å². The molecule has 0 spiro atoms. The fraction of sp³-hybridized carbons (Fsp3) is 0.412. The molecular weight excluding hydrogens is 344 g/mol. The van der Waals surface area contributed by atoms with Crippen molar-refractivity contribution >= 4 is 28.1 Å². The van der Waals surface area contributed by atoms with E-state index in [4.69, 9.17) is 4.74 Å². The number of carbonyl (C=O) groups is 2. The number of carbonyl (C=O) groups excluding carboxylic acids is 2. The number of benzene rings is 1. The summed E-state index contributed by atoms with van der Waals surface area (Å²) in [6.07, 6.45) is 1.77. The lowest BCUT2D eigenvalue weighted by molar-refractivity contribution is -0.127. The van der Waals surface area contributed by atoms with Crippen LogP contribution >= 0.6 is 0 Å². The third kappa shape index (κ3) is 3.91. The van der Waals surface area contributed by atoms with Crippen molar-refractivity contribution in [3.05, 3.63) is 40.8 Å². The Labute approximate surface area is 146 Å². The van der Waals surface area contributed by atoms with Gasteiger partial charge in [0.2, 0.25) is 10.0 Å². The molecule has 3 rings (SSSR count). The highest BCUT2D eigenvalue weighted by atomic mass is 32.2. The topological polar surface area (TPSA) is 84.0 Å². The third-order valence-electron chi connectivity index (χ3n) is 4.44. The summed E-state index contributed by atoms with van der Waals surface area (Å²) >= 11 is 0. The van der Waals surface area contributed by atoms with Crippen molar-refractivity contribution in [3.8, 4) is 0 Å². The zero-order valence-corrected chi connectivity index (χ0v) is 14.7. The lowest BCUT2D eigenvalue weighted by Gasteiger charge is -2.33. The maximum absolute atomic E-state index is 12.4. The van der Waals surface area contributed by atoms with Crippen LogP contribution in [0.3, 0.4) is 0 Å². The third-order valence-corrected chi connectivity index (χ3v) is 6.01. The SMILES string of the molecule is Cc1ccc(/C=C/S(=O)(=O)N2CCC(N3C(=O)COC3=O)CC2)cc1. The van der Waals surface area contributed by atoms with E-state index in [9.17, 15) is 18.0 Å². The zero-order valence-electron chi connectivity index (χ0n) is 13.9. The molecule has 0 aliphatic carbocycles. The highest BCUT2D eigenvalue weighted by molar-refractivity contribution is 7.92.